The van der Waals surface area contributed by atoms with Crippen molar-refractivity contribution < 1.29 is 22.2 Å². The van der Waals surface area contributed by atoms with Crippen molar-refractivity contribution in [2.45, 2.75) is 6.10 Å². The second-order valence-electron chi connectivity index (χ2n) is 3.27. The van der Waals surface area contributed by atoms with Gasteiger partial charge in [0.25, 0.3) is 5.69 Å². The van der Waals surface area contributed by atoms with Gasteiger partial charge in [-0.2, -0.15) is 4.21 Å². The van der Waals surface area contributed by atoms with Gasteiger partial charge >= 0.3 is 11.4 Å². The maximum atomic E-state index is 10.7. The normalized spacial score (nSPS) is 23.5. The van der Waals surface area contributed by atoms with E-state index in [2.05, 4.69) is 4.18 Å². The monoisotopic (exact) mass is 259 g/mol. The highest BCUT2D eigenvalue weighted by molar-refractivity contribution is 7.75. The summed E-state index contributed by atoms with van der Waals surface area (Å²) in [7, 11) is 0. The van der Waals surface area contributed by atoms with Gasteiger partial charge in [0, 0.05) is 12.1 Å². The molecular weight excluding hydrogens is 250 g/mol. The number of hydrogen-bond donors (Lipinski definition) is 0. The number of ether oxygens (including phenoxy) is 1. The van der Waals surface area contributed by atoms with Gasteiger partial charge in [0.05, 0.1) is 11.5 Å². The Morgan fingerprint density at radius 2 is 2.18 bits per heavy atom. The maximum absolute atomic E-state index is 10.7. The van der Waals surface area contributed by atoms with Crippen LogP contribution in [0.25, 0.3) is 0 Å². The highest BCUT2D eigenvalue weighted by atomic mass is 32.2. The van der Waals surface area contributed by atoms with E-state index in [4.69, 9.17) is 8.92 Å². The zero-order valence-electron chi connectivity index (χ0n) is 8.61. The summed E-state index contributed by atoms with van der Waals surface area (Å²) in [5, 5.41) is 10.4. The standard InChI is InChI=1S/C9H9NO6S/c11-10(12)7-1-3-8(4-2-7)14-5-9-6-15-17(13)16-9/h1-4,9H,5-6H2/t9-,17-/m0/s1. The lowest BCUT2D eigenvalue weighted by molar-refractivity contribution is -0.384. The Morgan fingerprint density at radius 1 is 1.47 bits per heavy atom. The number of hydrogen-bond acceptors (Lipinski definition) is 6. The molecule has 17 heavy (non-hydrogen) atoms. The van der Waals surface area contributed by atoms with E-state index < -0.39 is 16.3 Å². The van der Waals surface area contributed by atoms with Crippen LogP contribution in [0.1, 0.15) is 0 Å². The molecule has 0 amide bonds. The minimum atomic E-state index is -1.69. The van der Waals surface area contributed by atoms with E-state index in [0.717, 1.165) is 0 Å². The van der Waals surface area contributed by atoms with Gasteiger partial charge in [0.2, 0.25) is 0 Å². The molecule has 0 bridgehead atoms. The second-order valence-corrected chi connectivity index (χ2v) is 4.11. The molecule has 2 rings (SSSR count). The molecule has 1 aliphatic heterocycles. The quantitative estimate of drug-likeness (QED) is 0.591. The fraction of sp³-hybridized carbons (Fsp3) is 0.333. The number of rotatable bonds is 4. The van der Waals surface area contributed by atoms with E-state index in [0.29, 0.717) is 5.75 Å². The van der Waals surface area contributed by atoms with Crippen molar-refractivity contribution in [1.82, 2.24) is 0 Å². The second kappa shape index (κ2) is 5.21. The third-order valence-electron chi connectivity index (χ3n) is 2.05. The van der Waals surface area contributed by atoms with E-state index in [1.807, 2.05) is 0 Å². The molecule has 1 aromatic rings. The molecule has 0 N–H and O–H groups in total. The smallest absolute Gasteiger partial charge is 0.305 e. The van der Waals surface area contributed by atoms with Crippen LogP contribution in [0.4, 0.5) is 5.69 Å². The highest BCUT2D eigenvalue weighted by Gasteiger charge is 2.23. The van der Waals surface area contributed by atoms with E-state index in [9.17, 15) is 14.3 Å². The molecule has 0 aromatic heterocycles. The zero-order valence-corrected chi connectivity index (χ0v) is 9.42. The molecule has 1 heterocycles. The van der Waals surface area contributed by atoms with Crippen LogP contribution in [-0.2, 0) is 19.7 Å². The molecule has 8 heteroatoms. The van der Waals surface area contributed by atoms with Gasteiger partial charge in [-0.15, -0.1) is 0 Å². The summed E-state index contributed by atoms with van der Waals surface area (Å²) >= 11 is -1.69. The summed E-state index contributed by atoms with van der Waals surface area (Å²) in [5.41, 5.74) is -0.00102. The van der Waals surface area contributed by atoms with Crippen LogP contribution in [-0.4, -0.2) is 28.4 Å². The number of nitro groups is 1. The summed E-state index contributed by atoms with van der Waals surface area (Å²) in [6.07, 6.45) is -0.383. The minimum absolute atomic E-state index is 0.00102. The molecule has 1 aromatic carbocycles. The fourth-order valence-electron chi connectivity index (χ4n) is 1.23. The van der Waals surface area contributed by atoms with Crippen LogP contribution in [0, 0.1) is 10.1 Å². The van der Waals surface area contributed by atoms with Crippen molar-refractivity contribution in [3.05, 3.63) is 34.4 Å². The Morgan fingerprint density at radius 3 is 2.71 bits per heavy atom. The predicted octanol–water partition coefficient (Wildman–Crippen LogP) is 0.968. The Bertz CT molecular complexity index is 434. The number of benzene rings is 1. The van der Waals surface area contributed by atoms with Gasteiger partial charge in [-0.3, -0.25) is 18.5 Å². The van der Waals surface area contributed by atoms with Gasteiger partial charge < -0.3 is 4.74 Å². The number of nitro benzene ring substituents is 1. The van der Waals surface area contributed by atoms with Gasteiger partial charge in [-0.05, 0) is 12.1 Å². The average molecular weight is 259 g/mol. The molecule has 92 valence electrons. The topological polar surface area (TPSA) is 87.9 Å². The van der Waals surface area contributed by atoms with Crippen LogP contribution in [0.3, 0.4) is 0 Å². The lowest BCUT2D eigenvalue weighted by Gasteiger charge is -2.08. The summed E-state index contributed by atoms with van der Waals surface area (Å²) < 4.78 is 25.6. The van der Waals surface area contributed by atoms with Crippen molar-refractivity contribution in [1.29, 1.82) is 0 Å². The molecule has 1 saturated heterocycles. The SMILES string of the molecule is O=[N+]([O-])c1ccc(OC[C@H]2CO[S@](=O)O2)cc1. The van der Waals surface area contributed by atoms with Gasteiger partial charge in [-0.25, -0.2) is 0 Å². The van der Waals surface area contributed by atoms with Crippen LogP contribution in [0.15, 0.2) is 24.3 Å². The first-order valence-corrected chi connectivity index (χ1v) is 5.74. The summed E-state index contributed by atoms with van der Waals surface area (Å²) in [6.45, 7) is 0.392. The molecule has 1 fully saturated rings. The van der Waals surface area contributed by atoms with E-state index in [1.165, 1.54) is 24.3 Å². The van der Waals surface area contributed by atoms with Crippen molar-refractivity contribution in [3.63, 3.8) is 0 Å². The highest BCUT2D eigenvalue weighted by Crippen LogP contribution is 2.18. The van der Waals surface area contributed by atoms with Crippen molar-refractivity contribution in [2.24, 2.45) is 0 Å². The Kier molecular flexibility index (Phi) is 3.67. The van der Waals surface area contributed by atoms with Crippen LogP contribution in [0.5, 0.6) is 5.75 Å². The van der Waals surface area contributed by atoms with E-state index in [1.54, 1.807) is 0 Å². The van der Waals surface area contributed by atoms with Crippen LogP contribution >= 0.6 is 0 Å². The zero-order chi connectivity index (χ0) is 12.3. The summed E-state index contributed by atoms with van der Waals surface area (Å²) in [4.78, 5) is 9.92. The Labute approximate surface area is 99.3 Å². The van der Waals surface area contributed by atoms with Crippen molar-refractivity contribution in [2.75, 3.05) is 13.2 Å². The Hall–Kier alpha value is -1.51. The third-order valence-corrected chi connectivity index (χ3v) is 2.81. The van der Waals surface area contributed by atoms with Crippen molar-refractivity contribution in [3.8, 4) is 5.75 Å². The number of non-ortho nitro benzene ring substituents is 1. The molecular formula is C9H9NO6S. The first kappa shape index (κ1) is 12.0. The molecule has 0 radical (unpaired) electrons. The first-order valence-electron chi connectivity index (χ1n) is 4.74. The Balaban J connectivity index is 1.87. The first-order chi connectivity index (χ1) is 8.15. The molecule has 0 spiro atoms. The van der Waals surface area contributed by atoms with Crippen LogP contribution in [0.2, 0.25) is 0 Å². The molecule has 2 atom stereocenters. The molecule has 0 aliphatic carbocycles. The van der Waals surface area contributed by atoms with Gasteiger partial charge in [0.15, 0.2) is 0 Å². The molecule has 0 unspecified atom stereocenters. The summed E-state index contributed by atoms with van der Waals surface area (Å²) in [5.74, 6) is 0.483. The fourth-order valence-corrected chi connectivity index (χ4v) is 1.88. The van der Waals surface area contributed by atoms with E-state index in [-0.39, 0.29) is 25.0 Å². The molecule has 7 nitrogen and oxygen atoms in total. The van der Waals surface area contributed by atoms with Gasteiger partial charge in [-0.1, -0.05) is 0 Å². The summed E-state index contributed by atoms with van der Waals surface area (Å²) in [6, 6.07) is 5.68. The molecule has 1 aliphatic rings. The largest absolute Gasteiger partial charge is 0.491 e. The third kappa shape index (κ3) is 3.22. The molecule has 0 saturated carbocycles. The lowest BCUT2D eigenvalue weighted by Crippen LogP contribution is -2.19. The minimum Gasteiger partial charge on any atom is -0.491 e. The van der Waals surface area contributed by atoms with Crippen molar-refractivity contribution >= 4 is 17.0 Å². The lowest BCUT2D eigenvalue weighted by atomic mass is 10.3. The van der Waals surface area contributed by atoms with Gasteiger partial charge in [0.1, 0.15) is 18.5 Å². The average Bonchev–Trinajstić information content (AvgIpc) is 2.73. The van der Waals surface area contributed by atoms with Crippen LogP contribution < -0.4 is 4.74 Å². The predicted molar refractivity (Wildman–Crippen MR) is 57.6 cm³/mol. The van der Waals surface area contributed by atoms with E-state index >= 15 is 0 Å². The maximum Gasteiger partial charge on any atom is 0.305 e. The number of nitrogens with zero attached hydrogens (tertiary/aromatic N) is 1.